The highest BCUT2D eigenvalue weighted by atomic mass is 16.5. The molecule has 21 heavy (non-hydrogen) atoms. The van der Waals surface area contributed by atoms with E-state index in [1.165, 1.54) is 5.56 Å². The quantitative estimate of drug-likeness (QED) is 0.711. The Hall–Kier alpha value is -2.43. The van der Waals surface area contributed by atoms with Crippen molar-refractivity contribution in [3.63, 3.8) is 0 Å². The van der Waals surface area contributed by atoms with Gasteiger partial charge >= 0.3 is 0 Å². The highest BCUT2D eigenvalue weighted by molar-refractivity contribution is 5.56. The number of aryl methyl sites for hydroxylation is 1. The molecule has 0 saturated carbocycles. The molecule has 0 atom stereocenters. The van der Waals surface area contributed by atoms with E-state index < -0.39 is 0 Å². The minimum Gasteiger partial charge on any atom is -0.414 e. The maximum absolute atomic E-state index is 5.65. The molecule has 0 aliphatic carbocycles. The fourth-order valence-electron chi connectivity index (χ4n) is 2.02. The standard InChI is InChI=1S/C16H17N3O2/c1-10-9-13(19-21-10)15-18-17-14(20-15)11-5-7-12(8-6-11)16(2,3)4/h5-9H,1-4H3. The third-order valence-electron chi connectivity index (χ3n) is 3.27. The molecule has 5 nitrogen and oxygen atoms in total. The third-order valence-corrected chi connectivity index (χ3v) is 3.27. The zero-order valence-corrected chi connectivity index (χ0v) is 12.5. The van der Waals surface area contributed by atoms with Gasteiger partial charge in [-0.05, 0) is 30.0 Å². The molecule has 3 rings (SSSR count). The fraction of sp³-hybridized carbons (Fsp3) is 0.312. The summed E-state index contributed by atoms with van der Waals surface area (Å²) in [6.45, 7) is 8.36. The van der Waals surface area contributed by atoms with E-state index in [4.69, 9.17) is 8.94 Å². The van der Waals surface area contributed by atoms with Crippen LogP contribution in [0.5, 0.6) is 0 Å². The van der Waals surface area contributed by atoms with E-state index >= 15 is 0 Å². The summed E-state index contributed by atoms with van der Waals surface area (Å²) in [7, 11) is 0. The van der Waals surface area contributed by atoms with Crippen LogP contribution < -0.4 is 0 Å². The first-order valence-corrected chi connectivity index (χ1v) is 6.81. The van der Waals surface area contributed by atoms with Crippen LogP contribution >= 0.6 is 0 Å². The molecule has 0 amide bonds. The van der Waals surface area contributed by atoms with Gasteiger partial charge in [0.1, 0.15) is 5.76 Å². The van der Waals surface area contributed by atoms with Crippen molar-refractivity contribution >= 4 is 0 Å². The summed E-state index contributed by atoms with van der Waals surface area (Å²) in [6, 6.07) is 9.91. The Morgan fingerprint density at radius 3 is 2.19 bits per heavy atom. The van der Waals surface area contributed by atoms with E-state index in [1.807, 2.05) is 19.1 Å². The van der Waals surface area contributed by atoms with E-state index in [1.54, 1.807) is 6.07 Å². The number of hydrogen-bond donors (Lipinski definition) is 0. The van der Waals surface area contributed by atoms with E-state index in [0.29, 0.717) is 23.2 Å². The van der Waals surface area contributed by atoms with Gasteiger partial charge in [-0.15, -0.1) is 10.2 Å². The second-order valence-electron chi connectivity index (χ2n) is 6.06. The lowest BCUT2D eigenvalue weighted by atomic mass is 9.87. The maximum Gasteiger partial charge on any atom is 0.270 e. The van der Waals surface area contributed by atoms with Crippen molar-refractivity contribution in [2.45, 2.75) is 33.1 Å². The summed E-state index contributed by atoms with van der Waals surface area (Å²) >= 11 is 0. The first-order chi connectivity index (χ1) is 9.93. The Kier molecular flexibility index (Phi) is 3.12. The van der Waals surface area contributed by atoms with Crippen LogP contribution in [0, 0.1) is 6.92 Å². The Labute approximate surface area is 123 Å². The number of nitrogens with zero attached hydrogens (tertiary/aromatic N) is 3. The van der Waals surface area contributed by atoms with Crippen LogP contribution in [0.4, 0.5) is 0 Å². The SMILES string of the molecule is Cc1cc(-c2nnc(-c3ccc(C(C)(C)C)cc3)o2)no1. The molecule has 5 heteroatoms. The Balaban J connectivity index is 1.90. The summed E-state index contributed by atoms with van der Waals surface area (Å²) < 4.78 is 10.7. The number of aromatic nitrogens is 3. The summed E-state index contributed by atoms with van der Waals surface area (Å²) in [5.41, 5.74) is 2.83. The molecule has 0 aliphatic rings. The molecule has 0 spiro atoms. The van der Waals surface area contributed by atoms with Crippen molar-refractivity contribution in [3.8, 4) is 23.0 Å². The molecule has 0 N–H and O–H groups in total. The van der Waals surface area contributed by atoms with Crippen molar-refractivity contribution in [2.75, 3.05) is 0 Å². The zero-order chi connectivity index (χ0) is 15.0. The minimum absolute atomic E-state index is 0.122. The normalized spacial score (nSPS) is 11.8. The molecular weight excluding hydrogens is 266 g/mol. The average molecular weight is 283 g/mol. The van der Waals surface area contributed by atoms with Gasteiger partial charge in [0.05, 0.1) is 0 Å². The van der Waals surface area contributed by atoms with Gasteiger partial charge in [0, 0.05) is 11.6 Å². The molecule has 3 aromatic rings. The molecular formula is C16H17N3O2. The van der Waals surface area contributed by atoms with Crippen LogP contribution in [0.3, 0.4) is 0 Å². The van der Waals surface area contributed by atoms with E-state index in [2.05, 4.69) is 48.3 Å². The minimum atomic E-state index is 0.122. The number of benzene rings is 1. The van der Waals surface area contributed by atoms with E-state index in [9.17, 15) is 0 Å². The van der Waals surface area contributed by atoms with Gasteiger partial charge in [0.25, 0.3) is 5.89 Å². The molecule has 1 aromatic carbocycles. The van der Waals surface area contributed by atoms with Crippen LogP contribution in [0.25, 0.3) is 23.0 Å². The average Bonchev–Trinajstić information content (AvgIpc) is 3.06. The number of hydrogen-bond acceptors (Lipinski definition) is 5. The van der Waals surface area contributed by atoms with Crippen LogP contribution in [-0.4, -0.2) is 15.4 Å². The van der Waals surface area contributed by atoms with Crippen LogP contribution in [0.15, 0.2) is 39.3 Å². The monoisotopic (exact) mass is 283 g/mol. The van der Waals surface area contributed by atoms with Crippen molar-refractivity contribution in [3.05, 3.63) is 41.7 Å². The van der Waals surface area contributed by atoms with Crippen LogP contribution in [0.2, 0.25) is 0 Å². The lowest BCUT2D eigenvalue weighted by molar-refractivity contribution is 0.397. The van der Waals surface area contributed by atoms with Gasteiger partial charge in [0.15, 0.2) is 5.69 Å². The highest BCUT2D eigenvalue weighted by Crippen LogP contribution is 2.27. The fourth-order valence-corrected chi connectivity index (χ4v) is 2.02. The van der Waals surface area contributed by atoms with Crippen molar-refractivity contribution in [2.24, 2.45) is 0 Å². The van der Waals surface area contributed by atoms with Crippen molar-refractivity contribution in [1.82, 2.24) is 15.4 Å². The highest BCUT2D eigenvalue weighted by Gasteiger charge is 2.16. The van der Waals surface area contributed by atoms with Gasteiger partial charge in [-0.2, -0.15) is 0 Å². The van der Waals surface area contributed by atoms with Crippen LogP contribution in [-0.2, 0) is 5.41 Å². The third kappa shape index (κ3) is 2.72. The molecule has 0 saturated heterocycles. The molecule has 2 aromatic heterocycles. The molecule has 0 radical (unpaired) electrons. The van der Waals surface area contributed by atoms with Crippen molar-refractivity contribution < 1.29 is 8.94 Å². The molecule has 0 unspecified atom stereocenters. The Morgan fingerprint density at radius 1 is 0.952 bits per heavy atom. The molecule has 2 heterocycles. The smallest absolute Gasteiger partial charge is 0.270 e. The summed E-state index contributed by atoms with van der Waals surface area (Å²) in [5.74, 6) is 1.55. The summed E-state index contributed by atoms with van der Waals surface area (Å²) in [6.07, 6.45) is 0. The largest absolute Gasteiger partial charge is 0.414 e. The Morgan fingerprint density at radius 2 is 1.62 bits per heavy atom. The van der Waals surface area contributed by atoms with Gasteiger partial charge in [0.2, 0.25) is 5.89 Å². The van der Waals surface area contributed by atoms with Crippen LogP contribution in [0.1, 0.15) is 32.1 Å². The van der Waals surface area contributed by atoms with E-state index in [-0.39, 0.29) is 5.41 Å². The first-order valence-electron chi connectivity index (χ1n) is 6.81. The molecule has 108 valence electrons. The summed E-state index contributed by atoms with van der Waals surface area (Å²) in [4.78, 5) is 0. The predicted octanol–water partition coefficient (Wildman–Crippen LogP) is 4.00. The lowest BCUT2D eigenvalue weighted by Crippen LogP contribution is -2.10. The van der Waals surface area contributed by atoms with Gasteiger partial charge in [-0.25, -0.2) is 0 Å². The number of rotatable bonds is 2. The second-order valence-corrected chi connectivity index (χ2v) is 6.06. The van der Waals surface area contributed by atoms with Gasteiger partial charge in [-0.1, -0.05) is 38.1 Å². The van der Waals surface area contributed by atoms with E-state index in [0.717, 1.165) is 5.56 Å². The second kappa shape index (κ2) is 4.84. The molecule has 0 aliphatic heterocycles. The summed E-state index contributed by atoms with van der Waals surface area (Å²) in [5, 5.41) is 11.9. The molecule has 0 bridgehead atoms. The maximum atomic E-state index is 5.65. The molecule has 0 fully saturated rings. The van der Waals surface area contributed by atoms with Gasteiger partial charge in [-0.3, -0.25) is 0 Å². The van der Waals surface area contributed by atoms with Crippen molar-refractivity contribution in [1.29, 1.82) is 0 Å². The Bertz CT molecular complexity index is 748. The first kappa shape index (κ1) is 13.5. The topological polar surface area (TPSA) is 65.0 Å². The predicted molar refractivity (Wildman–Crippen MR) is 78.7 cm³/mol. The lowest BCUT2D eigenvalue weighted by Gasteiger charge is -2.18. The van der Waals surface area contributed by atoms with Gasteiger partial charge < -0.3 is 8.94 Å². The zero-order valence-electron chi connectivity index (χ0n) is 12.5.